The van der Waals surface area contributed by atoms with Gasteiger partial charge in [-0.05, 0) is 18.4 Å². The van der Waals surface area contributed by atoms with Gasteiger partial charge in [-0.2, -0.15) is 0 Å². The summed E-state index contributed by atoms with van der Waals surface area (Å²) in [4.78, 5) is 16.4. The van der Waals surface area contributed by atoms with Gasteiger partial charge in [0.05, 0.1) is 6.21 Å². The molecule has 4 nitrogen and oxygen atoms in total. The Balaban J connectivity index is 1.89. The number of nitrogens with zero attached hydrogens (tertiary/aromatic N) is 1. The second kappa shape index (κ2) is 5.67. The second-order valence-corrected chi connectivity index (χ2v) is 4.66. The standard InChI is InChI=1S/C14H17NO3/c16-13(17)14(8-4-5-9-14)11-15-18-10-12-6-2-1-3-7-12/h1-3,6-7,11H,4-5,8-10H2,(H,16,17). The highest BCUT2D eigenvalue weighted by Crippen LogP contribution is 2.36. The van der Waals surface area contributed by atoms with Crippen LogP contribution in [0.3, 0.4) is 0 Å². The molecule has 0 bridgehead atoms. The monoisotopic (exact) mass is 247 g/mol. The number of rotatable bonds is 5. The smallest absolute Gasteiger partial charge is 0.315 e. The fraction of sp³-hybridized carbons (Fsp3) is 0.429. The summed E-state index contributed by atoms with van der Waals surface area (Å²) in [5, 5.41) is 13.1. The van der Waals surface area contributed by atoms with Gasteiger partial charge in [-0.15, -0.1) is 0 Å². The number of carboxylic acid groups (broad SMARTS) is 1. The first-order valence-corrected chi connectivity index (χ1v) is 6.17. The van der Waals surface area contributed by atoms with E-state index in [0.29, 0.717) is 19.4 Å². The van der Waals surface area contributed by atoms with Crippen molar-refractivity contribution in [3.8, 4) is 0 Å². The summed E-state index contributed by atoms with van der Waals surface area (Å²) >= 11 is 0. The molecule has 0 amide bonds. The molecule has 1 saturated carbocycles. The van der Waals surface area contributed by atoms with Crippen molar-refractivity contribution in [3.63, 3.8) is 0 Å². The predicted octanol–water partition coefficient (Wildman–Crippen LogP) is 2.83. The van der Waals surface area contributed by atoms with Crippen molar-refractivity contribution in [2.24, 2.45) is 10.6 Å². The van der Waals surface area contributed by atoms with E-state index >= 15 is 0 Å². The third kappa shape index (κ3) is 2.88. The lowest BCUT2D eigenvalue weighted by Crippen LogP contribution is -2.29. The molecular weight excluding hydrogens is 230 g/mol. The van der Waals surface area contributed by atoms with Crippen LogP contribution >= 0.6 is 0 Å². The predicted molar refractivity (Wildman–Crippen MR) is 68.3 cm³/mol. The highest BCUT2D eigenvalue weighted by atomic mass is 16.6. The van der Waals surface area contributed by atoms with Crippen molar-refractivity contribution in [3.05, 3.63) is 35.9 Å². The fourth-order valence-corrected chi connectivity index (χ4v) is 2.23. The molecule has 18 heavy (non-hydrogen) atoms. The zero-order chi connectivity index (χ0) is 12.8. The quantitative estimate of drug-likeness (QED) is 0.643. The van der Waals surface area contributed by atoms with Crippen molar-refractivity contribution in [2.45, 2.75) is 32.3 Å². The van der Waals surface area contributed by atoms with Gasteiger partial charge in [0.1, 0.15) is 12.0 Å². The van der Waals surface area contributed by atoms with Gasteiger partial charge in [-0.1, -0.05) is 48.3 Å². The fourth-order valence-electron chi connectivity index (χ4n) is 2.23. The third-order valence-corrected chi connectivity index (χ3v) is 3.37. The van der Waals surface area contributed by atoms with Gasteiger partial charge in [0.15, 0.2) is 0 Å². The number of hydrogen-bond donors (Lipinski definition) is 1. The van der Waals surface area contributed by atoms with Crippen LogP contribution in [0.2, 0.25) is 0 Å². The van der Waals surface area contributed by atoms with E-state index in [1.54, 1.807) is 0 Å². The number of benzene rings is 1. The molecule has 0 atom stereocenters. The molecule has 1 aromatic rings. The van der Waals surface area contributed by atoms with Crippen LogP contribution in [0.25, 0.3) is 0 Å². The van der Waals surface area contributed by atoms with Crippen LogP contribution in [0.5, 0.6) is 0 Å². The van der Waals surface area contributed by atoms with Crippen LogP contribution in [-0.2, 0) is 16.2 Å². The second-order valence-electron chi connectivity index (χ2n) is 4.66. The third-order valence-electron chi connectivity index (χ3n) is 3.37. The largest absolute Gasteiger partial charge is 0.481 e. The average Bonchev–Trinajstić information content (AvgIpc) is 2.86. The first-order valence-electron chi connectivity index (χ1n) is 6.17. The van der Waals surface area contributed by atoms with Gasteiger partial charge in [0.2, 0.25) is 0 Å². The van der Waals surface area contributed by atoms with E-state index in [0.717, 1.165) is 18.4 Å². The summed E-state index contributed by atoms with van der Waals surface area (Å²) < 4.78 is 0. The lowest BCUT2D eigenvalue weighted by molar-refractivity contribution is -0.144. The maximum atomic E-state index is 11.2. The van der Waals surface area contributed by atoms with Gasteiger partial charge in [-0.25, -0.2) is 0 Å². The lowest BCUT2D eigenvalue weighted by atomic mass is 9.88. The molecule has 4 heteroatoms. The molecule has 0 unspecified atom stereocenters. The molecule has 1 N–H and O–H groups in total. The highest BCUT2D eigenvalue weighted by molar-refractivity contribution is 5.94. The van der Waals surface area contributed by atoms with Crippen LogP contribution in [0.4, 0.5) is 0 Å². The Morgan fingerprint density at radius 1 is 1.33 bits per heavy atom. The maximum absolute atomic E-state index is 11.2. The van der Waals surface area contributed by atoms with E-state index in [2.05, 4.69) is 5.16 Å². The SMILES string of the molecule is O=C(O)C1(C=NOCc2ccccc2)CCCC1. The van der Waals surface area contributed by atoms with Gasteiger partial charge in [0, 0.05) is 0 Å². The molecule has 0 radical (unpaired) electrons. The number of carboxylic acids is 1. The van der Waals surface area contributed by atoms with Crippen LogP contribution in [0, 0.1) is 5.41 Å². The molecule has 0 aromatic heterocycles. The van der Waals surface area contributed by atoms with E-state index in [1.165, 1.54) is 6.21 Å². The minimum absolute atomic E-state index is 0.368. The van der Waals surface area contributed by atoms with Gasteiger partial charge in [-0.3, -0.25) is 4.79 Å². The van der Waals surface area contributed by atoms with Crippen LogP contribution in [0.1, 0.15) is 31.2 Å². The molecule has 0 heterocycles. The molecule has 0 spiro atoms. The summed E-state index contributed by atoms with van der Waals surface area (Å²) in [6, 6.07) is 9.68. The van der Waals surface area contributed by atoms with Crippen molar-refractivity contribution >= 4 is 12.2 Å². The number of oxime groups is 1. The highest BCUT2D eigenvalue weighted by Gasteiger charge is 2.40. The molecule has 1 aromatic carbocycles. The summed E-state index contributed by atoms with van der Waals surface area (Å²) in [6.45, 7) is 0.368. The van der Waals surface area contributed by atoms with Gasteiger partial charge < -0.3 is 9.94 Å². The minimum Gasteiger partial charge on any atom is -0.481 e. The Hall–Kier alpha value is -1.84. The van der Waals surface area contributed by atoms with E-state index < -0.39 is 11.4 Å². The zero-order valence-electron chi connectivity index (χ0n) is 10.2. The normalized spacial score (nSPS) is 18.0. The van der Waals surface area contributed by atoms with Crippen LogP contribution < -0.4 is 0 Å². The Bertz CT molecular complexity index is 422. The van der Waals surface area contributed by atoms with Crippen molar-refractivity contribution in [1.82, 2.24) is 0 Å². The minimum atomic E-state index is -0.809. The molecule has 2 rings (SSSR count). The Labute approximate surface area is 106 Å². The summed E-state index contributed by atoms with van der Waals surface area (Å²) in [5.74, 6) is -0.799. The molecule has 96 valence electrons. The molecule has 1 aliphatic rings. The summed E-state index contributed by atoms with van der Waals surface area (Å²) in [6.07, 6.45) is 4.65. The van der Waals surface area contributed by atoms with E-state index in [-0.39, 0.29) is 0 Å². The summed E-state index contributed by atoms with van der Waals surface area (Å²) in [5.41, 5.74) is 0.210. The summed E-state index contributed by atoms with van der Waals surface area (Å²) in [7, 11) is 0. The Kier molecular flexibility index (Phi) is 3.97. The maximum Gasteiger partial charge on any atom is 0.315 e. The number of hydrogen-bond acceptors (Lipinski definition) is 3. The Morgan fingerprint density at radius 2 is 2.00 bits per heavy atom. The van der Waals surface area contributed by atoms with Crippen molar-refractivity contribution in [2.75, 3.05) is 0 Å². The van der Waals surface area contributed by atoms with Crippen molar-refractivity contribution < 1.29 is 14.7 Å². The van der Waals surface area contributed by atoms with Gasteiger partial charge >= 0.3 is 5.97 Å². The molecular formula is C14H17NO3. The topological polar surface area (TPSA) is 58.9 Å². The Morgan fingerprint density at radius 3 is 2.61 bits per heavy atom. The first kappa shape index (κ1) is 12.6. The van der Waals surface area contributed by atoms with Gasteiger partial charge in [0.25, 0.3) is 0 Å². The van der Waals surface area contributed by atoms with E-state index in [1.807, 2.05) is 30.3 Å². The zero-order valence-corrected chi connectivity index (χ0v) is 10.2. The molecule has 0 saturated heterocycles. The first-order chi connectivity index (χ1) is 8.73. The molecule has 1 fully saturated rings. The van der Waals surface area contributed by atoms with Crippen LogP contribution in [0.15, 0.2) is 35.5 Å². The van der Waals surface area contributed by atoms with E-state index in [4.69, 9.17) is 4.84 Å². The van der Waals surface area contributed by atoms with Crippen molar-refractivity contribution in [1.29, 1.82) is 0 Å². The van der Waals surface area contributed by atoms with Crippen LogP contribution in [-0.4, -0.2) is 17.3 Å². The molecule has 0 aliphatic heterocycles. The number of aliphatic carboxylic acids is 1. The number of carbonyl (C=O) groups is 1. The lowest BCUT2D eigenvalue weighted by Gasteiger charge is -2.16. The average molecular weight is 247 g/mol. The van der Waals surface area contributed by atoms with E-state index in [9.17, 15) is 9.90 Å². The molecule has 1 aliphatic carbocycles.